The molecule has 0 aliphatic carbocycles. The van der Waals surface area contributed by atoms with Crippen LogP contribution in [0.4, 0.5) is 0 Å². The first kappa shape index (κ1) is 16.9. The van der Waals surface area contributed by atoms with Gasteiger partial charge in [-0.15, -0.1) is 0 Å². The van der Waals surface area contributed by atoms with Crippen LogP contribution in [-0.4, -0.2) is 26.8 Å². The summed E-state index contributed by atoms with van der Waals surface area (Å²) in [4.78, 5) is 0. The fourth-order valence-electron chi connectivity index (χ4n) is 1.71. The van der Waals surface area contributed by atoms with Crippen LogP contribution in [0, 0.1) is 0 Å². The summed E-state index contributed by atoms with van der Waals surface area (Å²) in [5.41, 5.74) is 0.426. The van der Waals surface area contributed by atoms with Gasteiger partial charge in [-0.2, -0.15) is 0 Å². The van der Waals surface area contributed by atoms with E-state index < -0.39 is 15.6 Å². The van der Waals surface area contributed by atoms with E-state index in [1.165, 1.54) is 0 Å². The zero-order valence-corrected chi connectivity index (χ0v) is 14.3. The third kappa shape index (κ3) is 6.72. The lowest BCUT2D eigenvalue weighted by Crippen LogP contribution is -2.49. The number of rotatable bonds is 6. The summed E-state index contributed by atoms with van der Waals surface area (Å²) in [7, 11) is -3.21. The van der Waals surface area contributed by atoms with Crippen LogP contribution in [0.3, 0.4) is 0 Å². The number of hydrogen-bond acceptors (Lipinski definition) is 3. The summed E-state index contributed by atoms with van der Waals surface area (Å²) in [6.45, 7) is 4.74. The molecule has 0 radical (unpaired) electrons. The summed E-state index contributed by atoms with van der Waals surface area (Å²) in [6.07, 6.45) is 1.15. The molecule has 0 spiro atoms. The topological polar surface area (TPSA) is 58.2 Å². The van der Waals surface area contributed by atoms with Crippen LogP contribution in [0.25, 0.3) is 0 Å². The lowest BCUT2D eigenvalue weighted by atomic mass is 10.1. The number of sulfonamides is 1. The van der Waals surface area contributed by atoms with Gasteiger partial charge < -0.3 is 5.32 Å². The Kier molecular flexibility index (Phi) is 5.82. The van der Waals surface area contributed by atoms with Gasteiger partial charge in [-0.3, -0.25) is 0 Å². The van der Waals surface area contributed by atoms with Crippen LogP contribution >= 0.6 is 27.5 Å². The normalized spacial score (nSPS) is 12.7. The van der Waals surface area contributed by atoms with Gasteiger partial charge in [-0.1, -0.05) is 33.6 Å². The smallest absolute Gasteiger partial charge is 0.209 e. The SMILES string of the molecule is CC(C)(CNCc1ccc(Br)cc1Cl)NS(C)(=O)=O. The minimum Gasteiger partial charge on any atom is -0.311 e. The summed E-state index contributed by atoms with van der Waals surface area (Å²) in [6, 6.07) is 5.68. The highest BCUT2D eigenvalue weighted by atomic mass is 79.9. The monoisotopic (exact) mass is 368 g/mol. The highest BCUT2D eigenvalue weighted by molar-refractivity contribution is 9.10. The lowest BCUT2D eigenvalue weighted by Gasteiger charge is -2.25. The van der Waals surface area contributed by atoms with Crippen molar-refractivity contribution in [2.45, 2.75) is 25.9 Å². The van der Waals surface area contributed by atoms with Crippen molar-refractivity contribution in [3.63, 3.8) is 0 Å². The van der Waals surface area contributed by atoms with Crippen molar-refractivity contribution in [2.24, 2.45) is 0 Å². The fraction of sp³-hybridized carbons (Fsp3) is 0.500. The van der Waals surface area contributed by atoms with Gasteiger partial charge in [0.25, 0.3) is 0 Å². The second-order valence-electron chi connectivity index (χ2n) is 5.10. The Balaban J connectivity index is 2.54. The van der Waals surface area contributed by atoms with Crippen molar-refractivity contribution in [2.75, 3.05) is 12.8 Å². The molecular weight excluding hydrogens is 352 g/mol. The summed E-state index contributed by atoms with van der Waals surface area (Å²) in [5.74, 6) is 0. The second kappa shape index (κ2) is 6.54. The Bertz CT molecular complexity index is 547. The van der Waals surface area contributed by atoms with E-state index in [2.05, 4.69) is 26.0 Å². The Labute approximate surface area is 128 Å². The van der Waals surface area contributed by atoms with Crippen molar-refractivity contribution in [3.8, 4) is 0 Å². The predicted molar refractivity (Wildman–Crippen MR) is 82.9 cm³/mol. The molecule has 0 saturated carbocycles. The van der Waals surface area contributed by atoms with Gasteiger partial charge in [-0.25, -0.2) is 13.1 Å². The van der Waals surface area contributed by atoms with Gasteiger partial charge in [0, 0.05) is 28.1 Å². The highest BCUT2D eigenvalue weighted by Gasteiger charge is 2.21. The van der Waals surface area contributed by atoms with E-state index in [4.69, 9.17) is 11.6 Å². The van der Waals surface area contributed by atoms with Crippen LogP contribution in [0.5, 0.6) is 0 Å². The molecule has 0 fully saturated rings. The van der Waals surface area contributed by atoms with E-state index in [1.54, 1.807) is 0 Å². The van der Waals surface area contributed by atoms with E-state index in [9.17, 15) is 8.42 Å². The zero-order valence-electron chi connectivity index (χ0n) is 11.1. The van der Waals surface area contributed by atoms with Crippen molar-refractivity contribution in [3.05, 3.63) is 33.3 Å². The van der Waals surface area contributed by atoms with Crippen LogP contribution in [0.15, 0.2) is 22.7 Å². The van der Waals surface area contributed by atoms with Crippen molar-refractivity contribution >= 4 is 37.6 Å². The molecule has 4 nitrogen and oxygen atoms in total. The van der Waals surface area contributed by atoms with Gasteiger partial charge in [0.2, 0.25) is 10.0 Å². The molecule has 0 aliphatic rings. The standard InChI is InChI=1S/C12H18BrClN2O2S/c1-12(2,16-19(3,17)18)8-15-7-9-4-5-10(13)6-11(9)14/h4-6,15-16H,7-8H2,1-3H3. The van der Waals surface area contributed by atoms with Gasteiger partial charge >= 0.3 is 0 Å². The van der Waals surface area contributed by atoms with Crippen LogP contribution < -0.4 is 10.0 Å². The minimum atomic E-state index is -3.21. The van der Waals surface area contributed by atoms with Crippen LogP contribution in [-0.2, 0) is 16.6 Å². The largest absolute Gasteiger partial charge is 0.311 e. The molecule has 7 heteroatoms. The lowest BCUT2D eigenvalue weighted by molar-refractivity contribution is 0.421. The van der Waals surface area contributed by atoms with E-state index in [0.717, 1.165) is 16.3 Å². The first-order chi connectivity index (χ1) is 8.59. The predicted octanol–water partition coefficient (Wildman–Crippen LogP) is 2.52. The van der Waals surface area contributed by atoms with E-state index >= 15 is 0 Å². The van der Waals surface area contributed by atoms with E-state index in [-0.39, 0.29) is 0 Å². The molecule has 0 unspecified atom stereocenters. The van der Waals surface area contributed by atoms with Crippen molar-refractivity contribution in [1.29, 1.82) is 0 Å². The molecule has 0 amide bonds. The Hall–Kier alpha value is -0.140. The molecule has 1 aromatic rings. The third-order valence-corrected chi connectivity index (χ3v) is 4.13. The number of halogens is 2. The Morgan fingerprint density at radius 1 is 1.37 bits per heavy atom. The molecule has 0 aliphatic heterocycles. The zero-order chi connectivity index (χ0) is 14.7. The average Bonchev–Trinajstić information content (AvgIpc) is 2.17. The molecule has 1 aromatic carbocycles. The molecule has 0 saturated heterocycles. The molecule has 0 aromatic heterocycles. The maximum absolute atomic E-state index is 11.2. The van der Waals surface area contributed by atoms with Gasteiger partial charge in [0.05, 0.1) is 6.26 Å². The molecule has 0 bridgehead atoms. The van der Waals surface area contributed by atoms with Crippen LogP contribution in [0.2, 0.25) is 5.02 Å². The number of benzene rings is 1. The van der Waals surface area contributed by atoms with Crippen LogP contribution in [0.1, 0.15) is 19.4 Å². The molecule has 1 rings (SSSR count). The summed E-state index contributed by atoms with van der Waals surface area (Å²) < 4.78 is 25.9. The Morgan fingerprint density at radius 2 is 2.00 bits per heavy atom. The first-order valence-corrected chi connectivity index (χ1v) is 8.79. The highest BCUT2D eigenvalue weighted by Crippen LogP contribution is 2.21. The summed E-state index contributed by atoms with van der Waals surface area (Å²) in [5, 5.41) is 3.87. The third-order valence-electron chi connectivity index (χ3n) is 2.36. The number of hydrogen-bond donors (Lipinski definition) is 2. The van der Waals surface area contributed by atoms with Gasteiger partial charge in [-0.05, 0) is 31.5 Å². The van der Waals surface area contributed by atoms with Gasteiger partial charge in [0.1, 0.15) is 0 Å². The fourth-order valence-corrected chi connectivity index (χ4v) is 3.53. The van der Waals surface area contributed by atoms with Crippen molar-refractivity contribution < 1.29 is 8.42 Å². The Morgan fingerprint density at radius 3 is 2.53 bits per heavy atom. The molecule has 19 heavy (non-hydrogen) atoms. The molecule has 2 N–H and O–H groups in total. The first-order valence-electron chi connectivity index (χ1n) is 5.73. The van der Waals surface area contributed by atoms with Crippen molar-refractivity contribution in [1.82, 2.24) is 10.0 Å². The molecule has 0 atom stereocenters. The quantitative estimate of drug-likeness (QED) is 0.810. The van der Waals surface area contributed by atoms with Gasteiger partial charge in [0.15, 0.2) is 0 Å². The average molecular weight is 370 g/mol. The second-order valence-corrected chi connectivity index (χ2v) is 8.17. The minimum absolute atomic E-state index is 0.506. The number of nitrogens with one attached hydrogen (secondary N) is 2. The molecule has 108 valence electrons. The molecular formula is C12H18BrClN2O2S. The van der Waals surface area contributed by atoms with E-state index in [0.29, 0.717) is 18.1 Å². The summed E-state index contributed by atoms with van der Waals surface area (Å²) >= 11 is 9.45. The molecule has 0 heterocycles. The van der Waals surface area contributed by atoms with E-state index in [1.807, 2.05) is 32.0 Å². The maximum Gasteiger partial charge on any atom is 0.209 e. The maximum atomic E-state index is 11.2.